The number of nitrogens with one attached hydrogen (secondary N) is 1. The molecule has 0 saturated carbocycles. The molecule has 1 saturated heterocycles. The van der Waals surface area contributed by atoms with Crippen molar-refractivity contribution in [3.8, 4) is 0 Å². The lowest BCUT2D eigenvalue weighted by Crippen LogP contribution is -2.30. The minimum absolute atomic E-state index is 0.103. The number of para-hydroxylation sites is 1. The fraction of sp³-hybridized carbons (Fsp3) is 0.231. The summed E-state index contributed by atoms with van der Waals surface area (Å²) in [5, 5.41) is 3.02. The Balaban J connectivity index is 2.03. The first-order chi connectivity index (χ1) is 8.29. The minimum atomic E-state index is -0.260. The van der Waals surface area contributed by atoms with Gasteiger partial charge in [0.2, 0.25) is 5.91 Å². The third kappa shape index (κ3) is 1.45. The van der Waals surface area contributed by atoms with Gasteiger partial charge < -0.3 is 5.32 Å². The molecule has 0 bridgehead atoms. The highest BCUT2D eigenvalue weighted by molar-refractivity contribution is 6.29. The van der Waals surface area contributed by atoms with Gasteiger partial charge in [0, 0.05) is 18.3 Å². The molecule has 1 atom stereocenters. The Bertz CT molecular complexity index is 507. The van der Waals surface area contributed by atoms with Crippen LogP contribution in [0.4, 0.5) is 5.69 Å². The molecule has 86 valence electrons. The van der Waals surface area contributed by atoms with E-state index in [4.69, 9.17) is 0 Å². The average molecular weight is 228 g/mol. The molecule has 3 rings (SSSR count). The van der Waals surface area contributed by atoms with Crippen LogP contribution in [0.5, 0.6) is 0 Å². The van der Waals surface area contributed by atoms with Crippen LogP contribution in [-0.2, 0) is 9.59 Å². The number of carbonyl (C=O) groups excluding carboxylic acids is 2. The molecule has 0 aromatic heterocycles. The number of hydrogen-bond donors (Lipinski definition) is 1. The fourth-order valence-electron chi connectivity index (χ4n) is 2.34. The monoisotopic (exact) mass is 228 g/mol. The summed E-state index contributed by atoms with van der Waals surface area (Å²) in [5.41, 5.74) is 1.24. The number of amides is 2. The third-order valence-electron chi connectivity index (χ3n) is 3.19. The number of rotatable bonds is 1. The number of imide groups is 1. The molecular formula is C13H12N2O2. The van der Waals surface area contributed by atoms with Gasteiger partial charge in [-0.25, -0.2) is 4.90 Å². The molecule has 0 radical (unpaired) electrons. The highest BCUT2D eigenvalue weighted by Crippen LogP contribution is 2.33. The van der Waals surface area contributed by atoms with Crippen LogP contribution in [0.1, 0.15) is 6.42 Å². The zero-order chi connectivity index (χ0) is 11.8. The molecule has 1 aromatic rings. The fourth-order valence-corrected chi connectivity index (χ4v) is 2.34. The zero-order valence-corrected chi connectivity index (χ0v) is 9.22. The molecule has 2 amide bonds. The van der Waals surface area contributed by atoms with Gasteiger partial charge >= 0.3 is 0 Å². The second kappa shape index (κ2) is 3.73. The van der Waals surface area contributed by atoms with E-state index < -0.39 is 0 Å². The van der Waals surface area contributed by atoms with Crippen molar-refractivity contribution < 1.29 is 9.59 Å². The van der Waals surface area contributed by atoms with Gasteiger partial charge in [0.1, 0.15) is 0 Å². The largest absolute Gasteiger partial charge is 0.390 e. The van der Waals surface area contributed by atoms with Crippen LogP contribution in [0.25, 0.3) is 0 Å². The topological polar surface area (TPSA) is 49.4 Å². The van der Waals surface area contributed by atoms with E-state index in [0.717, 1.165) is 6.54 Å². The maximum absolute atomic E-state index is 12.2. The highest BCUT2D eigenvalue weighted by Gasteiger charge is 2.44. The molecule has 2 heterocycles. The summed E-state index contributed by atoms with van der Waals surface area (Å²) in [6, 6.07) is 9.07. The molecule has 1 unspecified atom stereocenters. The smallest absolute Gasteiger partial charge is 0.263 e. The Morgan fingerprint density at radius 1 is 1.18 bits per heavy atom. The Morgan fingerprint density at radius 2 is 1.94 bits per heavy atom. The van der Waals surface area contributed by atoms with Crippen molar-refractivity contribution in [1.82, 2.24) is 5.32 Å². The zero-order valence-electron chi connectivity index (χ0n) is 9.22. The number of nitrogens with zero attached hydrogens (tertiary/aromatic N) is 1. The Labute approximate surface area is 98.9 Å². The van der Waals surface area contributed by atoms with Crippen LogP contribution in [0.2, 0.25) is 0 Å². The molecule has 4 nitrogen and oxygen atoms in total. The number of benzene rings is 1. The normalized spacial score (nSPS) is 23.2. The maximum atomic E-state index is 12.2. The lowest BCUT2D eigenvalue weighted by Gasteiger charge is -2.14. The summed E-state index contributed by atoms with van der Waals surface area (Å²) in [7, 11) is 0. The van der Waals surface area contributed by atoms with Gasteiger partial charge in [0.15, 0.2) is 0 Å². The lowest BCUT2D eigenvalue weighted by atomic mass is 9.97. The van der Waals surface area contributed by atoms with Crippen LogP contribution < -0.4 is 10.2 Å². The van der Waals surface area contributed by atoms with Crippen molar-refractivity contribution in [2.45, 2.75) is 6.42 Å². The van der Waals surface area contributed by atoms with Crippen LogP contribution in [0.3, 0.4) is 0 Å². The van der Waals surface area contributed by atoms with E-state index in [2.05, 4.69) is 5.32 Å². The molecule has 1 N–H and O–H groups in total. The van der Waals surface area contributed by atoms with Crippen molar-refractivity contribution >= 4 is 17.5 Å². The van der Waals surface area contributed by atoms with E-state index >= 15 is 0 Å². The van der Waals surface area contributed by atoms with Gasteiger partial charge in [0.25, 0.3) is 5.91 Å². The van der Waals surface area contributed by atoms with Crippen LogP contribution >= 0.6 is 0 Å². The van der Waals surface area contributed by atoms with Gasteiger partial charge in [-0.3, -0.25) is 9.59 Å². The summed E-state index contributed by atoms with van der Waals surface area (Å²) in [4.78, 5) is 25.6. The number of fused-ring (bicyclic) bond motifs is 1. The lowest BCUT2D eigenvalue weighted by molar-refractivity contribution is -0.122. The molecule has 1 aromatic carbocycles. The summed E-state index contributed by atoms with van der Waals surface area (Å²) >= 11 is 0. The van der Waals surface area contributed by atoms with Gasteiger partial charge in [-0.2, -0.15) is 0 Å². The molecule has 0 aliphatic carbocycles. The van der Waals surface area contributed by atoms with E-state index in [1.54, 1.807) is 18.3 Å². The highest BCUT2D eigenvalue weighted by atomic mass is 16.2. The number of hydrogen-bond acceptors (Lipinski definition) is 3. The second-order valence-electron chi connectivity index (χ2n) is 4.21. The molecule has 17 heavy (non-hydrogen) atoms. The third-order valence-corrected chi connectivity index (χ3v) is 3.19. The molecule has 0 spiro atoms. The summed E-state index contributed by atoms with van der Waals surface area (Å²) in [6.07, 6.45) is 2.37. The first kappa shape index (κ1) is 10.1. The van der Waals surface area contributed by atoms with Crippen molar-refractivity contribution in [1.29, 1.82) is 0 Å². The van der Waals surface area contributed by atoms with E-state index in [-0.39, 0.29) is 17.7 Å². The second-order valence-corrected chi connectivity index (χ2v) is 4.21. The molecule has 4 heteroatoms. The predicted molar refractivity (Wildman–Crippen MR) is 63.1 cm³/mol. The van der Waals surface area contributed by atoms with E-state index in [9.17, 15) is 9.59 Å². The average Bonchev–Trinajstić information content (AvgIpc) is 2.64. The van der Waals surface area contributed by atoms with Gasteiger partial charge in [0.05, 0.1) is 11.6 Å². The van der Waals surface area contributed by atoms with Crippen LogP contribution in [-0.4, -0.2) is 18.4 Å². The maximum Gasteiger partial charge on any atom is 0.263 e. The minimum Gasteiger partial charge on any atom is -0.390 e. The first-order valence-corrected chi connectivity index (χ1v) is 5.66. The summed E-state index contributed by atoms with van der Waals surface area (Å²) in [5.74, 6) is -0.559. The Hall–Kier alpha value is -2.10. The quantitative estimate of drug-likeness (QED) is 0.731. The first-order valence-electron chi connectivity index (χ1n) is 5.66. The summed E-state index contributed by atoms with van der Waals surface area (Å²) < 4.78 is 0. The van der Waals surface area contributed by atoms with Gasteiger partial charge in [-0.15, -0.1) is 0 Å². The van der Waals surface area contributed by atoms with Crippen molar-refractivity contribution in [2.75, 3.05) is 11.4 Å². The Kier molecular flexibility index (Phi) is 2.21. The summed E-state index contributed by atoms with van der Waals surface area (Å²) in [6.45, 7) is 0.746. The van der Waals surface area contributed by atoms with Crippen molar-refractivity contribution in [3.63, 3.8) is 0 Å². The Morgan fingerprint density at radius 3 is 2.65 bits per heavy atom. The predicted octanol–water partition coefficient (Wildman–Crippen LogP) is 1.05. The number of carbonyl (C=O) groups is 2. The van der Waals surface area contributed by atoms with Gasteiger partial charge in [-0.1, -0.05) is 18.2 Å². The van der Waals surface area contributed by atoms with Gasteiger partial charge in [-0.05, 0) is 18.6 Å². The van der Waals surface area contributed by atoms with Crippen molar-refractivity contribution in [2.24, 2.45) is 5.92 Å². The van der Waals surface area contributed by atoms with Crippen LogP contribution in [0.15, 0.2) is 42.1 Å². The molecular weight excluding hydrogens is 216 g/mol. The number of anilines is 1. The van der Waals surface area contributed by atoms with E-state index in [1.165, 1.54) is 4.90 Å². The molecule has 2 aliphatic heterocycles. The standard InChI is InChI=1S/C13H12N2O2/c16-12-10-6-7-14-8-11(10)13(17)15(12)9-4-2-1-3-5-9/h1-5,8,10,14H,6-7H2. The van der Waals surface area contributed by atoms with E-state index in [0.29, 0.717) is 17.7 Å². The molecule has 1 fully saturated rings. The van der Waals surface area contributed by atoms with Crippen LogP contribution in [0, 0.1) is 5.92 Å². The molecule has 2 aliphatic rings. The SMILES string of the molecule is O=C1C2=CNCCC2C(=O)N1c1ccccc1. The van der Waals surface area contributed by atoms with E-state index in [1.807, 2.05) is 18.2 Å². The van der Waals surface area contributed by atoms with Crippen molar-refractivity contribution in [3.05, 3.63) is 42.1 Å².